The highest BCUT2D eigenvalue weighted by atomic mass is 16.6. The van der Waals surface area contributed by atoms with E-state index in [1.54, 1.807) is 0 Å². The molecule has 2 amide bonds. The normalized spacial score (nSPS) is 17.0. The second-order valence-electron chi connectivity index (χ2n) is 7.93. The molecule has 0 saturated heterocycles. The highest BCUT2D eigenvalue weighted by molar-refractivity contribution is 5.99. The van der Waals surface area contributed by atoms with Gasteiger partial charge in [0.15, 0.2) is 0 Å². The number of hydrogen-bond acceptors (Lipinski definition) is 10. The average Bonchev–Trinajstić information content (AvgIpc) is 2.84. The monoisotopic (exact) mass is 502 g/mol. The minimum Gasteiger partial charge on any atom is -0.349 e. The van der Waals surface area contributed by atoms with Gasteiger partial charge in [-0.3, -0.25) is 50.0 Å². The summed E-state index contributed by atoms with van der Waals surface area (Å²) in [5.41, 5.74) is -3.11. The largest absolute Gasteiger partial charge is 0.349 e. The van der Waals surface area contributed by atoms with Crippen molar-refractivity contribution in [1.82, 2.24) is 10.6 Å². The predicted molar refractivity (Wildman–Crippen MR) is 120 cm³/mol. The molecule has 1 fully saturated rings. The Hall–Kier alpha value is -5.02. The summed E-state index contributed by atoms with van der Waals surface area (Å²) in [5.74, 6) is -1.55. The van der Waals surface area contributed by atoms with Crippen molar-refractivity contribution in [3.63, 3.8) is 0 Å². The lowest BCUT2D eigenvalue weighted by Gasteiger charge is -2.29. The summed E-state index contributed by atoms with van der Waals surface area (Å²) in [7, 11) is 0. The number of rotatable bonds is 8. The molecule has 36 heavy (non-hydrogen) atoms. The standard InChI is InChI=1S/C20H18N6O10/c27-19(15-7-5-13(23(29)30)9-17(15)25(33)34)21-11-1-2-12(4-3-11)22-20(28)16-8-6-14(24(31)32)10-18(16)26(35)36/h5-12H,1-4H2,(H,21,27)(H,22,28). The molecular formula is C20H18N6O10. The van der Waals surface area contributed by atoms with Crippen LogP contribution in [0.15, 0.2) is 36.4 Å². The van der Waals surface area contributed by atoms with Crippen molar-refractivity contribution in [2.45, 2.75) is 37.8 Å². The van der Waals surface area contributed by atoms with Gasteiger partial charge in [-0.25, -0.2) is 0 Å². The minimum absolute atomic E-state index is 0.327. The Morgan fingerprint density at radius 2 is 0.944 bits per heavy atom. The third-order valence-electron chi connectivity index (χ3n) is 5.66. The Morgan fingerprint density at radius 1 is 0.611 bits per heavy atom. The lowest BCUT2D eigenvalue weighted by atomic mass is 9.90. The highest BCUT2D eigenvalue weighted by Crippen LogP contribution is 2.27. The number of hydrogen-bond donors (Lipinski definition) is 2. The van der Waals surface area contributed by atoms with E-state index in [1.165, 1.54) is 0 Å². The van der Waals surface area contributed by atoms with Crippen LogP contribution in [0.5, 0.6) is 0 Å². The molecule has 188 valence electrons. The number of benzene rings is 2. The zero-order valence-electron chi connectivity index (χ0n) is 18.3. The summed E-state index contributed by atoms with van der Waals surface area (Å²) >= 11 is 0. The van der Waals surface area contributed by atoms with E-state index >= 15 is 0 Å². The van der Waals surface area contributed by atoms with Gasteiger partial charge in [0.25, 0.3) is 34.6 Å². The fourth-order valence-corrected chi connectivity index (χ4v) is 3.86. The molecule has 3 rings (SSSR count). The van der Waals surface area contributed by atoms with E-state index in [-0.39, 0.29) is 11.1 Å². The van der Waals surface area contributed by atoms with E-state index in [1.807, 2.05) is 0 Å². The molecule has 0 aromatic heterocycles. The smallest absolute Gasteiger partial charge is 0.289 e. The predicted octanol–water partition coefficient (Wildman–Crippen LogP) is 2.79. The van der Waals surface area contributed by atoms with Crippen molar-refractivity contribution in [2.24, 2.45) is 0 Å². The van der Waals surface area contributed by atoms with Crippen LogP contribution in [0, 0.1) is 40.5 Å². The summed E-state index contributed by atoms with van der Waals surface area (Å²) in [6.07, 6.45) is 1.50. The van der Waals surface area contributed by atoms with Gasteiger partial charge in [0, 0.05) is 24.2 Å². The lowest BCUT2D eigenvalue weighted by molar-refractivity contribution is -0.394. The van der Waals surface area contributed by atoms with Gasteiger partial charge in [0.2, 0.25) is 0 Å². The molecule has 2 N–H and O–H groups in total. The zero-order chi connectivity index (χ0) is 26.6. The summed E-state index contributed by atoms with van der Waals surface area (Å²) in [4.78, 5) is 66.0. The molecule has 1 aliphatic carbocycles. The van der Waals surface area contributed by atoms with E-state index in [2.05, 4.69) is 10.6 Å². The summed E-state index contributed by atoms with van der Waals surface area (Å²) in [6.45, 7) is 0. The van der Waals surface area contributed by atoms with Crippen molar-refractivity contribution in [3.05, 3.63) is 88.0 Å². The van der Waals surface area contributed by atoms with Crippen LogP contribution in [0.1, 0.15) is 46.4 Å². The molecule has 2 aromatic rings. The van der Waals surface area contributed by atoms with Crippen molar-refractivity contribution >= 4 is 34.6 Å². The Morgan fingerprint density at radius 3 is 1.22 bits per heavy atom. The number of nitrogens with one attached hydrogen (secondary N) is 2. The van der Waals surface area contributed by atoms with Gasteiger partial charge in [-0.2, -0.15) is 0 Å². The van der Waals surface area contributed by atoms with Crippen molar-refractivity contribution in [1.29, 1.82) is 0 Å². The van der Waals surface area contributed by atoms with E-state index in [9.17, 15) is 50.0 Å². The van der Waals surface area contributed by atoms with Gasteiger partial charge in [0.05, 0.1) is 31.8 Å². The first kappa shape index (κ1) is 25.6. The van der Waals surface area contributed by atoms with Crippen molar-refractivity contribution in [3.8, 4) is 0 Å². The quantitative estimate of drug-likeness (QED) is 0.395. The van der Waals surface area contributed by atoms with Crippen LogP contribution in [0.2, 0.25) is 0 Å². The molecule has 2 aromatic carbocycles. The van der Waals surface area contributed by atoms with Gasteiger partial charge >= 0.3 is 0 Å². The van der Waals surface area contributed by atoms with Crippen molar-refractivity contribution in [2.75, 3.05) is 0 Å². The highest BCUT2D eigenvalue weighted by Gasteiger charge is 2.30. The van der Waals surface area contributed by atoms with Gasteiger partial charge in [0.1, 0.15) is 11.1 Å². The number of amides is 2. The minimum atomic E-state index is -0.883. The first-order valence-corrected chi connectivity index (χ1v) is 10.4. The van der Waals surface area contributed by atoms with Gasteiger partial charge in [-0.05, 0) is 37.8 Å². The fraction of sp³-hybridized carbons (Fsp3) is 0.300. The molecule has 0 unspecified atom stereocenters. The van der Waals surface area contributed by atoms with Crippen LogP contribution < -0.4 is 10.6 Å². The summed E-state index contributed by atoms with van der Waals surface area (Å²) < 4.78 is 0. The fourth-order valence-electron chi connectivity index (χ4n) is 3.86. The maximum absolute atomic E-state index is 12.6. The molecule has 0 atom stereocenters. The van der Waals surface area contributed by atoms with Crippen LogP contribution in [0.4, 0.5) is 22.7 Å². The molecule has 16 nitrogen and oxygen atoms in total. The molecule has 16 heteroatoms. The third kappa shape index (κ3) is 5.72. The van der Waals surface area contributed by atoms with Crippen LogP contribution in [0.3, 0.4) is 0 Å². The van der Waals surface area contributed by atoms with E-state index < -0.39 is 66.3 Å². The molecule has 0 aliphatic heterocycles. The average molecular weight is 502 g/mol. The Labute approximate surface area is 200 Å². The van der Waals surface area contributed by atoms with Gasteiger partial charge in [-0.15, -0.1) is 0 Å². The molecule has 0 bridgehead atoms. The van der Waals surface area contributed by atoms with E-state index in [0.717, 1.165) is 24.3 Å². The third-order valence-corrected chi connectivity index (χ3v) is 5.66. The van der Waals surface area contributed by atoms with Crippen molar-refractivity contribution < 1.29 is 29.3 Å². The number of non-ortho nitro benzene ring substituents is 2. The van der Waals surface area contributed by atoms with E-state index in [0.29, 0.717) is 37.8 Å². The zero-order valence-corrected chi connectivity index (χ0v) is 18.3. The van der Waals surface area contributed by atoms with Crippen LogP contribution in [-0.2, 0) is 0 Å². The van der Waals surface area contributed by atoms with Crippen LogP contribution >= 0.6 is 0 Å². The summed E-state index contributed by atoms with van der Waals surface area (Å²) in [6, 6.07) is 4.63. The SMILES string of the molecule is O=C(NC1CCC(NC(=O)c2ccc([N+](=O)[O-])cc2[N+](=O)[O-])CC1)c1ccc([N+](=O)[O-])cc1[N+](=O)[O-]. The Kier molecular flexibility index (Phi) is 7.46. The number of nitrogens with zero attached hydrogens (tertiary/aromatic N) is 4. The first-order chi connectivity index (χ1) is 17.0. The molecule has 0 radical (unpaired) electrons. The van der Waals surface area contributed by atoms with Crippen LogP contribution in [0.25, 0.3) is 0 Å². The molecule has 1 aliphatic rings. The van der Waals surface area contributed by atoms with Gasteiger partial charge in [-0.1, -0.05) is 0 Å². The van der Waals surface area contributed by atoms with Crippen LogP contribution in [-0.4, -0.2) is 43.6 Å². The Balaban J connectivity index is 1.62. The maximum atomic E-state index is 12.6. The lowest BCUT2D eigenvalue weighted by Crippen LogP contribution is -2.44. The molecule has 0 spiro atoms. The second-order valence-corrected chi connectivity index (χ2v) is 7.93. The second kappa shape index (κ2) is 10.5. The number of nitro groups is 4. The maximum Gasteiger partial charge on any atom is 0.289 e. The molecular weight excluding hydrogens is 484 g/mol. The molecule has 0 heterocycles. The number of nitro benzene ring substituents is 4. The van der Waals surface area contributed by atoms with Gasteiger partial charge < -0.3 is 10.6 Å². The number of carbonyl (C=O) groups is 2. The van der Waals surface area contributed by atoms with E-state index in [4.69, 9.17) is 0 Å². The summed E-state index contributed by atoms with van der Waals surface area (Å²) in [5, 5.41) is 49.5. The number of carbonyl (C=O) groups excluding carboxylic acids is 2. The first-order valence-electron chi connectivity index (χ1n) is 10.4. The molecule has 1 saturated carbocycles. The topological polar surface area (TPSA) is 231 Å². The Bertz CT molecular complexity index is 1170.